The van der Waals surface area contributed by atoms with Gasteiger partial charge in [0.1, 0.15) is 5.60 Å². The van der Waals surface area contributed by atoms with Crippen molar-refractivity contribution in [2.45, 2.75) is 57.8 Å². The fourth-order valence-electron chi connectivity index (χ4n) is 1.71. The van der Waals surface area contributed by atoms with E-state index in [-0.39, 0.29) is 6.29 Å². The second kappa shape index (κ2) is 5.38. The predicted octanol–water partition coefficient (Wildman–Crippen LogP) is 2.72. The molecule has 0 aliphatic carbocycles. The summed E-state index contributed by atoms with van der Waals surface area (Å²) in [6.07, 6.45) is 10.4. The van der Waals surface area contributed by atoms with Crippen molar-refractivity contribution in [3.05, 3.63) is 0 Å². The first-order valence-electron chi connectivity index (χ1n) is 5.53. The van der Waals surface area contributed by atoms with Crippen LogP contribution in [-0.2, 0) is 9.47 Å². The number of hydrogen-bond donors (Lipinski definition) is 0. The molecule has 0 saturated carbocycles. The highest BCUT2D eigenvalue weighted by molar-refractivity contribution is 5.07. The van der Waals surface area contributed by atoms with Crippen molar-refractivity contribution >= 4 is 0 Å². The Morgan fingerprint density at radius 1 is 1.43 bits per heavy atom. The van der Waals surface area contributed by atoms with Gasteiger partial charge in [-0.05, 0) is 32.1 Å². The summed E-state index contributed by atoms with van der Waals surface area (Å²) in [5.41, 5.74) is -0.415. The van der Waals surface area contributed by atoms with Gasteiger partial charge < -0.3 is 9.47 Å². The zero-order chi connectivity index (χ0) is 10.4. The van der Waals surface area contributed by atoms with Crippen LogP contribution in [0.2, 0.25) is 0 Å². The third-order valence-corrected chi connectivity index (χ3v) is 2.90. The molecule has 0 bridgehead atoms. The summed E-state index contributed by atoms with van der Waals surface area (Å²) in [6.45, 7) is 4.93. The minimum absolute atomic E-state index is 0.0836. The summed E-state index contributed by atoms with van der Waals surface area (Å²) in [7, 11) is 0. The van der Waals surface area contributed by atoms with Crippen LogP contribution < -0.4 is 0 Å². The van der Waals surface area contributed by atoms with Crippen molar-refractivity contribution < 1.29 is 9.47 Å². The van der Waals surface area contributed by atoms with Crippen LogP contribution in [0.5, 0.6) is 0 Å². The van der Waals surface area contributed by atoms with Gasteiger partial charge in [0.15, 0.2) is 6.29 Å². The number of hydrogen-bond acceptors (Lipinski definition) is 2. The molecule has 1 rings (SSSR count). The summed E-state index contributed by atoms with van der Waals surface area (Å²) < 4.78 is 11.4. The van der Waals surface area contributed by atoms with Gasteiger partial charge in [0.25, 0.3) is 0 Å². The van der Waals surface area contributed by atoms with E-state index in [0.29, 0.717) is 0 Å². The molecule has 0 aromatic carbocycles. The van der Waals surface area contributed by atoms with E-state index in [1.165, 1.54) is 6.42 Å². The second-order valence-electron chi connectivity index (χ2n) is 3.76. The van der Waals surface area contributed by atoms with E-state index in [2.05, 4.69) is 19.8 Å². The molecule has 1 aliphatic heterocycles. The minimum Gasteiger partial charge on any atom is -0.353 e. The molecule has 14 heavy (non-hydrogen) atoms. The SMILES string of the molecule is C#CC(CC)(CC)OC1CCCCO1. The van der Waals surface area contributed by atoms with Crippen molar-refractivity contribution in [1.82, 2.24) is 0 Å². The van der Waals surface area contributed by atoms with Gasteiger partial charge in [-0.2, -0.15) is 0 Å². The third-order valence-electron chi connectivity index (χ3n) is 2.90. The van der Waals surface area contributed by atoms with Crippen LogP contribution in [-0.4, -0.2) is 18.5 Å². The highest BCUT2D eigenvalue weighted by atomic mass is 16.7. The normalized spacial score (nSPS) is 23.1. The summed E-state index contributed by atoms with van der Waals surface area (Å²) in [4.78, 5) is 0. The molecule has 1 heterocycles. The van der Waals surface area contributed by atoms with Crippen molar-refractivity contribution in [2.24, 2.45) is 0 Å². The Morgan fingerprint density at radius 2 is 2.14 bits per heavy atom. The second-order valence-corrected chi connectivity index (χ2v) is 3.76. The average Bonchev–Trinajstić information content (AvgIpc) is 2.28. The Morgan fingerprint density at radius 3 is 2.57 bits per heavy atom. The average molecular weight is 196 g/mol. The van der Waals surface area contributed by atoms with Crippen LogP contribution in [0.3, 0.4) is 0 Å². The largest absolute Gasteiger partial charge is 0.353 e. The molecular formula is C12H20O2. The van der Waals surface area contributed by atoms with E-state index in [0.717, 1.165) is 32.3 Å². The van der Waals surface area contributed by atoms with Crippen molar-refractivity contribution in [3.63, 3.8) is 0 Å². The first-order valence-corrected chi connectivity index (χ1v) is 5.53. The summed E-state index contributed by atoms with van der Waals surface area (Å²) in [5, 5.41) is 0. The van der Waals surface area contributed by atoms with E-state index < -0.39 is 5.60 Å². The molecule has 0 aromatic heterocycles. The first kappa shape index (κ1) is 11.6. The Hall–Kier alpha value is -0.520. The highest BCUT2D eigenvalue weighted by Gasteiger charge is 2.29. The molecule has 2 heteroatoms. The molecular weight excluding hydrogens is 176 g/mol. The molecule has 2 nitrogen and oxygen atoms in total. The van der Waals surface area contributed by atoms with E-state index in [1.54, 1.807) is 0 Å². The van der Waals surface area contributed by atoms with E-state index >= 15 is 0 Å². The van der Waals surface area contributed by atoms with Crippen LogP contribution >= 0.6 is 0 Å². The fraction of sp³-hybridized carbons (Fsp3) is 0.833. The summed E-state index contributed by atoms with van der Waals surface area (Å²) >= 11 is 0. The fourth-order valence-corrected chi connectivity index (χ4v) is 1.71. The zero-order valence-electron chi connectivity index (χ0n) is 9.21. The molecule has 0 N–H and O–H groups in total. The van der Waals surface area contributed by atoms with Gasteiger partial charge in [-0.25, -0.2) is 0 Å². The molecule has 1 fully saturated rings. The van der Waals surface area contributed by atoms with Crippen LogP contribution in [0.4, 0.5) is 0 Å². The lowest BCUT2D eigenvalue weighted by atomic mass is 9.98. The highest BCUT2D eigenvalue weighted by Crippen LogP contribution is 2.25. The third kappa shape index (κ3) is 2.73. The lowest BCUT2D eigenvalue weighted by Gasteiger charge is -2.33. The summed E-state index contributed by atoms with van der Waals surface area (Å²) in [5.74, 6) is 2.76. The Balaban J connectivity index is 2.50. The van der Waals surface area contributed by atoms with E-state index in [4.69, 9.17) is 15.9 Å². The first-order chi connectivity index (χ1) is 6.76. The Bertz CT molecular complexity index is 195. The molecule has 1 atom stereocenters. The van der Waals surface area contributed by atoms with Gasteiger partial charge in [0, 0.05) is 6.61 Å². The Labute approximate surface area is 87.0 Å². The van der Waals surface area contributed by atoms with Crippen LogP contribution in [0, 0.1) is 12.3 Å². The molecule has 1 aliphatic rings. The van der Waals surface area contributed by atoms with Crippen LogP contribution in [0.25, 0.3) is 0 Å². The molecule has 1 unspecified atom stereocenters. The van der Waals surface area contributed by atoms with E-state index in [1.807, 2.05) is 0 Å². The van der Waals surface area contributed by atoms with Crippen LogP contribution in [0.1, 0.15) is 46.0 Å². The maximum absolute atomic E-state index is 5.87. The maximum atomic E-state index is 5.87. The van der Waals surface area contributed by atoms with Gasteiger partial charge >= 0.3 is 0 Å². The van der Waals surface area contributed by atoms with Gasteiger partial charge in [-0.3, -0.25) is 0 Å². The smallest absolute Gasteiger partial charge is 0.159 e. The lowest BCUT2D eigenvalue weighted by molar-refractivity contribution is -0.209. The minimum atomic E-state index is -0.415. The maximum Gasteiger partial charge on any atom is 0.159 e. The number of terminal acetylenes is 1. The lowest BCUT2D eigenvalue weighted by Crippen LogP contribution is -2.36. The molecule has 1 saturated heterocycles. The number of rotatable bonds is 4. The van der Waals surface area contributed by atoms with Crippen molar-refractivity contribution in [2.75, 3.05) is 6.61 Å². The number of ether oxygens (including phenoxy) is 2. The van der Waals surface area contributed by atoms with Crippen molar-refractivity contribution in [3.8, 4) is 12.3 Å². The molecule has 0 amide bonds. The molecule has 0 aromatic rings. The van der Waals surface area contributed by atoms with Gasteiger partial charge in [0.05, 0.1) is 0 Å². The van der Waals surface area contributed by atoms with Gasteiger partial charge in [0.2, 0.25) is 0 Å². The molecule has 80 valence electrons. The predicted molar refractivity (Wildman–Crippen MR) is 56.8 cm³/mol. The topological polar surface area (TPSA) is 18.5 Å². The summed E-state index contributed by atoms with van der Waals surface area (Å²) in [6, 6.07) is 0. The Kier molecular flexibility index (Phi) is 4.44. The van der Waals surface area contributed by atoms with Gasteiger partial charge in [-0.1, -0.05) is 19.8 Å². The van der Waals surface area contributed by atoms with E-state index in [9.17, 15) is 0 Å². The standard InChI is InChI=1S/C12H20O2/c1-4-12(5-2,6-3)14-11-9-7-8-10-13-11/h1,11H,5-10H2,2-3H3. The van der Waals surface area contributed by atoms with Gasteiger partial charge in [-0.15, -0.1) is 6.42 Å². The van der Waals surface area contributed by atoms with Crippen LogP contribution in [0.15, 0.2) is 0 Å². The van der Waals surface area contributed by atoms with Crippen molar-refractivity contribution in [1.29, 1.82) is 0 Å². The quantitative estimate of drug-likeness (QED) is 0.644. The zero-order valence-corrected chi connectivity index (χ0v) is 9.21. The molecule has 0 radical (unpaired) electrons. The molecule has 0 spiro atoms. The monoisotopic (exact) mass is 196 g/mol.